The maximum absolute atomic E-state index is 12.8. The summed E-state index contributed by atoms with van der Waals surface area (Å²) < 4.78 is 38.3. The molecule has 2 N–H and O–H groups in total. The van der Waals surface area contributed by atoms with Gasteiger partial charge in [0.15, 0.2) is 0 Å². The molecular weight excluding hydrogens is 351 g/mol. The Hall–Kier alpha value is -2.58. The van der Waals surface area contributed by atoms with Gasteiger partial charge < -0.3 is 5.32 Å². The van der Waals surface area contributed by atoms with Crippen LogP contribution < -0.4 is 10.7 Å². The summed E-state index contributed by atoms with van der Waals surface area (Å²) in [6.07, 6.45) is -2.13. The molecule has 1 aromatic carbocycles. The number of nitrogens with zero attached hydrogens (tertiary/aromatic N) is 1. The lowest BCUT2D eigenvalue weighted by molar-refractivity contribution is -0.137. The van der Waals surface area contributed by atoms with Crippen LogP contribution in [-0.4, -0.2) is 28.4 Å². The second-order valence-electron chi connectivity index (χ2n) is 6.85. The Kier molecular flexibility index (Phi) is 4.41. The Morgan fingerprint density at radius 2 is 1.92 bits per heavy atom. The number of benzene rings is 1. The molecule has 9 heteroatoms. The average molecular weight is 369 g/mol. The number of imide groups is 1. The molecule has 1 saturated heterocycles. The molecule has 0 atom stereocenters. The van der Waals surface area contributed by atoms with Gasteiger partial charge in [0.2, 0.25) is 0 Å². The van der Waals surface area contributed by atoms with Gasteiger partial charge >= 0.3 is 12.2 Å². The smallest absolute Gasteiger partial charge is 0.322 e. The van der Waals surface area contributed by atoms with E-state index in [2.05, 4.69) is 17.7 Å². The Balaban J connectivity index is 1.76. The van der Waals surface area contributed by atoms with Crippen molar-refractivity contribution >= 4 is 17.8 Å². The molecule has 0 unspecified atom stereocenters. The van der Waals surface area contributed by atoms with Crippen molar-refractivity contribution in [2.45, 2.75) is 44.3 Å². The number of hydrazine groups is 1. The van der Waals surface area contributed by atoms with Gasteiger partial charge in [0.05, 0.1) is 5.56 Å². The lowest BCUT2D eigenvalue weighted by atomic mass is 9.77. The van der Waals surface area contributed by atoms with Gasteiger partial charge in [-0.1, -0.05) is 13.0 Å². The highest BCUT2D eigenvalue weighted by Crippen LogP contribution is 2.36. The van der Waals surface area contributed by atoms with Gasteiger partial charge in [0, 0.05) is 5.56 Å². The van der Waals surface area contributed by atoms with Crippen molar-refractivity contribution in [3.63, 3.8) is 0 Å². The SMILES string of the molecule is CC1CCC2(CC1)NC(=O)N(NC(=O)c1cccc(C(F)(F)F)c1)C2=O. The molecule has 3 rings (SSSR count). The van der Waals surface area contributed by atoms with Crippen LogP contribution in [0.3, 0.4) is 0 Å². The van der Waals surface area contributed by atoms with Crippen LogP contribution in [0.15, 0.2) is 24.3 Å². The van der Waals surface area contributed by atoms with Crippen molar-refractivity contribution < 1.29 is 27.6 Å². The summed E-state index contributed by atoms with van der Waals surface area (Å²) in [5, 5.41) is 3.19. The Morgan fingerprint density at radius 3 is 2.54 bits per heavy atom. The monoisotopic (exact) mass is 369 g/mol. The third-order valence-corrected chi connectivity index (χ3v) is 4.96. The molecule has 1 saturated carbocycles. The third kappa shape index (κ3) is 3.25. The number of nitrogens with one attached hydrogen (secondary N) is 2. The molecule has 1 spiro atoms. The van der Waals surface area contributed by atoms with Gasteiger partial charge in [-0.2, -0.15) is 18.2 Å². The second kappa shape index (κ2) is 6.30. The van der Waals surface area contributed by atoms with E-state index in [4.69, 9.17) is 0 Å². The first-order valence-electron chi connectivity index (χ1n) is 8.27. The first-order valence-corrected chi connectivity index (χ1v) is 8.27. The summed E-state index contributed by atoms with van der Waals surface area (Å²) >= 11 is 0. The minimum absolute atomic E-state index is 0.293. The largest absolute Gasteiger partial charge is 0.416 e. The van der Waals surface area contributed by atoms with Gasteiger partial charge in [-0.25, -0.2) is 4.79 Å². The topological polar surface area (TPSA) is 78.5 Å². The summed E-state index contributed by atoms with van der Waals surface area (Å²) in [5.41, 5.74) is -0.194. The first-order chi connectivity index (χ1) is 12.1. The molecule has 1 aromatic rings. The Morgan fingerprint density at radius 1 is 1.27 bits per heavy atom. The van der Waals surface area contributed by atoms with E-state index in [1.807, 2.05) is 0 Å². The highest BCUT2D eigenvalue weighted by atomic mass is 19.4. The fourth-order valence-electron chi connectivity index (χ4n) is 3.32. The van der Waals surface area contributed by atoms with Gasteiger partial charge in [-0.15, -0.1) is 0 Å². The van der Waals surface area contributed by atoms with Crippen LogP contribution in [0.1, 0.15) is 48.5 Å². The van der Waals surface area contributed by atoms with E-state index in [0.717, 1.165) is 25.0 Å². The summed E-state index contributed by atoms with van der Waals surface area (Å²) in [7, 11) is 0. The van der Waals surface area contributed by atoms with Crippen LogP contribution >= 0.6 is 0 Å². The Labute approximate surface area is 147 Å². The lowest BCUT2D eigenvalue weighted by Crippen LogP contribution is -2.51. The van der Waals surface area contributed by atoms with E-state index in [1.165, 1.54) is 6.07 Å². The molecular formula is C17H18F3N3O3. The van der Waals surface area contributed by atoms with E-state index in [-0.39, 0.29) is 5.56 Å². The van der Waals surface area contributed by atoms with Crippen LogP contribution in [-0.2, 0) is 11.0 Å². The van der Waals surface area contributed by atoms with Crippen LogP contribution in [0.25, 0.3) is 0 Å². The zero-order valence-electron chi connectivity index (χ0n) is 14.0. The minimum Gasteiger partial charge on any atom is -0.322 e. The molecule has 1 aliphatic carbocycles. The van der Waals surface area contributed by atoms with E-state index in [0.29, 0.717) is 29.8 Å². The third-order valence-electron chi connectivity index (χ3n) is 4.96. The average Bonchev–Trinajstić information content (AvgIpc) is 2.81. The molecule has 26 heavy (non-hydrogen) atoms. The molecule has 2 fully saturated rings. The van der Waals surface area contributed by atoms with E-state index in [1.54, 1.807) is 0 Å². The van der Waals surface area contributed by atoms with E-state index < -0.39 is 35.1 Å². The number of alkyl halides is 3. The summed E-state index contributed by atoms with van der Waals surface area (Å²) in [5.74, 6) is -1.09. The van der Waals surface area contributed by atoms with Crippen molar-refractivity contribution in [2.24, 2.45) is 5.92 Å². The van der Waals surface area contributed by atoms with Crippen LogP contribution in [0.2, 0.25) is 0 Å². The normalized spacial score (nSPS) is 26.2. The van der Waals surface area contributed by atoms with Gasteiger partial charge in [-0.05, 0) is 49.8 Å². The summed E-state index contributed by atoms with van der Waals surface area (Å²) in [6, 6.07) is 3.01. The van der Waals surface area contributed by atoms with Crippen molar-refractivity contribution in [1.82, 2.24) is 15.8 Å². The molecule has 1 heterocycles. The zero-order chi connectivity index (χ0) is 19.1. The summed E-state index contributed by atoms with van der Waals surface area (Å²) in [4.78, 5) is 37.0. The lowest BCUT2D eigenvalue weighted by Gasteiger charge is -2.33. The maximum Gasteiger partial charge on any atom is 0.416 e. The number of rotatable bonds is 2. The number of halogens is 3. The molecule has 140 valence electrons. The zero-order valence-corrected chi connectivity index (χ0v) is 14.0. The maximum atomic E-state index is 12.8. The quantitative estimate of drug-likeness (QED) is 0.787. The first kappa shape index (κ1) is 18.2. The van der Waals surface area contributed by atoms with Gasteiger partial charge in [-0.3, -0.25) is 15.0 Å². The van der Waals surface area contributed by atoms with E-state index in [9.17, 15) is 27.6 Å². The predicted molar refractivity (Wildman–Crippen MR) is 84.7 cm³/mol. The number of carbonyl (C=O) groups is 3. The number of hydrogen-bond donors (Lipinski definition) is 2. The molecule has 0 bridgehead atoms. The van der Waals surface area contributed by atoms with E-state index >= 15 is 0 Å². The number of hydrogen-bond acceptors (Lipinski definition) is 3. The van der Waals surface area contributed by atoms with Crippen LogP contribution in [0.4, 0.5) is 18.0 Å². The standard InChI is InChI=1S/C17H18F3N3O3/c1-10-5-7-16(8-6-10)14(25)23(15(26)21-16)22-13(24)11-3-2-4-12(9-11)17(18,19)20/h2-4,9-10H,5-8H2,1H3,(H,21,26)(H,22,24). The minimum atomic E-state index is -4.60. The number of carbonyl (C=O) groups excluding carboxylic acids is 3. The highest BCUT2D eigenvalue weighted by molar-refractivity contribution is 6.09. The second-order valence-corrected chi connectivity index (χ2v) is 6.85. The molecule has 1 aliphatic heterocycles. The number of urea groups is 1. The molecule has 6 nitrogen and oxygen atoms in total. The van der Waals surface area contributed by atoms with Crippen LogP contribution in [0, 0.1) is 5.92 Å². The highest BCUT2D eigenvalue weighted by Gasteiger charge is 2.53. The van der Waals surface area contributed by atoms with Crippen LogP contribution in [0.5, 0.6) is 0 Å². The van der Waals surface area contributed by atoms with Crippen molar-refractivity contribution in [2.75, 3.05) is 0 Å². The molecule has 4 amide bonds. The fraction of sp³-hybridized carbons (Fsp3) is 0.471. The fourth-order valence-corrected chi connectivity index (χ4v) is 3.32. The predicted octanol–water partition coefficient (Wildman–Crippen LogP) is 2.85. The van der Waals surface area contributed by atoms with Gasteiger partial charge in [0.25, 0.3) is 11.8 Å². The molecule has 0 aromatic heterocycles. The van der Waals surface area contributed by atoms with Crippen molar-refractivity contribution in [3.8, 4) is 0 Å². The van der Waals surface area contributed by atoms with Gasteiger partial charge in [0.1, 0.15) is 5.54 Å². The molecule has 0 radical (unpaired) electrons. The van der Waals surface area contributed by atoms with Crippen molar-refractivity contribution in [1.29, 1.82) is 0 Å². The molecule has 2 aliphatic rings. The Bertz CT molecular complexity index is 755. The van der Waals surface area contributed by atoms with Crippen molar-refractivity contribution in [3.05, 3.63) is 35.4 Å². The number of amides is 4. The summed E-state index contributed by atoms with van der Waals surface area (Å²) in [6.45, 7) is 2.06.